The Kier molecular flexibility index (Phi) is 9.10. The van der Waals surface area contributed by atoms with E-state index in [1.54, 1.807) is 18.2 Å². The van der Waals surface area contributed by atoms with E-state index >= 15 is 0 Å². The lowest BCUT2D eigenvalue weighted by Crippen LogP contribution is -2.46. The molecule has 1 aliphatic carbocycles. The quantitative estimate of drug-likeness (QED) is 0.475. The van der Waals surface area contributed by atoms with Gasteiger partial charge in [-0.1, -0.05) is 31.5 Å². The topological polar surface area (TPSA) is 90.9 Å². The van der Waals surface area contributed by atoms with Gasteiger partial charge in [0.05, 0.1) is 11.4 Å². The van der Waals surface area contributed by atoms with Crippen LogP contribution < -0.4 is 10.6 Å². The smallest absolute Gasteiger partial charge is 0.242 e. The summed E-state index contributed by atoms with van der Waals surface area (Å²) in [5.74, 6) is 1.36. The third kappa shape index (κ3) is 6.52. The van der Waals surface area contributed by atoms with Gasteiger partial charge in [-0.25, -0.2) is 17.7 Å². The molecule has 1 aliphatic rings. The molecule has 0 bridgehead atoms. The van der Waals surface area contributed by atoms with E-state index in [0.29, 0.717) is 23.8 Å². The van der Waals surface area contributed by atoms with Gasteiger partial charge in [-0.3, -0.25) is 4.21 Å². The van der Waals surface area contributed by atoms with Gasteiger partial charge in [-0.15, -0.1) is 0 Å². The Hall–Kier alpha value is -1.45. The molecule has 0 amide bonds. The van der Waals surface area contributed by atoms with Crippen LogP contribution in [0.15, 0.2) is 34.2 Å². The minimum atomic E-state index is -3.53. The Morgan fingerprint density at radius 1 is 1.24 bits per heavy atom. The van der Waals surface area contributed by atoms with Gasteiger partial charge in [0, 0.05) is 48.5 Å². The lowest BCUT2D eigenvalue weighted by Gasteiger charge is -2.30. The van der Waals surface area contributed by atoms with Crippen LogP contribution in [0.4, 0.5) is 0 Å². The summed E-state index contributed by atoms with van der Waals surface area (Å²) in [6.45, 7) is 4.94. The summed E-state index contributed by atoms with van der Waals surface area (Å²) in [6.07, 6.45) is 3.96. The van der Waals surface area contributed by atoms with Crippen molar-refractivity contribution < 1.29 is 12.6 Å². The van der Waals surface area contributed by atoms with Crippen LogP contribution in [0, 0.1) is 0 Å². The van der Waals surface area contributed by atoms with E-state index in [1.165, 1.54) is 18.4 Å². The Morgan fingerprint density at radius 2 is 1.97 bits per heavy atom. The van der Waals surface area contributed by atoms with Crippen molar-refractivity contribution in [3.63, 3.8) is 0 Å². The van der Waals surface area contributed by atoms with E-state index in [1.807, 2.05) is 19.9 Å². The normalized spacial score (nSPS) is 21.8. The molecule has 0 spiro atoms. The van der Waals surface area contributed by atoms with E-state index < -0.39 is 20.8 Å². The van der Waals surface area contributed by atoms with Gasteiger partial charge in [0.25, 0.3) is 0 Å². The molecule has 1 aromatic rings. The van der Waals surface area contributed by atoms with E-state index in [9.17, 15) is 12.6 Å². The molecule has 1 fully saturated rings. The second kappa shape index (κ2) is 11.1. The first kappa shape index (κ1) is 23.8. The van der Waals surface area contributed by atoms with Gasteiger partial charge in [0.15, 0.2) is 5.96 Å². The van der Waals surface area contributed by atoms with Crippen LogP contribution in [0.3, 0.4) is 0 Å². The molecule has 0 heterocycles. The predicted molar refractivity (Wildman–Crippen MR) is 120 cm³/mol. The molecule has 0 radical (unpaired) electrons. The van der Waals surface area contributed by atoms with Crippen molar-refractivity contribution in [1.82, 2.24) is 14.9 Å². The highest BCUT2D eigenvalue weighted by Crippen LogP contribution is 2.23. The molecule has 0 aromatic heterocycles. The predicted octanol–water partition coefficient (Wildman–Crippen LogP) is 2.07. The fourth-order valence-corrected chi connectivity index (χ4v) is 5.97. The van der Waals surface area contributed by atoms with Crippen LogP contribution in [-0.4, -0.2) is 60.6 Å². The van der Waals surface area contributed by atoms with E-state index in [4.69, 9.17) is 0 Å². The molecule has 1 saturated carbocycles. The van der Waals surface area contributed by atoms with Gasteiger partial charge in [-0.05, 0) is 37.8 Å². The SMILES string of the molecule is CCNC(=NCc1ccccc1S(=O)(=O)N(C)C)NC1CCCC(S(=O)CC)C1. The van der Waals surface area contributed by atoms with E-state index in [0.717, 1.165) is 25.7 Å². The Labute approximate surface area is 177 Å². The molecular weight excluding hydrogens is 408 g/mol. The third-order valence-corrected chi connectivity index (χ3v) is 8.76. The van der Waals surface area contributed by atoms with Crippen LogP contribution in [0.2, 0.25) is 0 Å². The highest BCUT2D eigenvalue weighted by molar-refractivity contribution is 7.89. The highest BCUT2D eigenvalue weighted by atomic mass is 32.2. The van der Waals surface area contributed by atoms with Crippen LogP contribution in [-0.2, 0) is 27.4 Å². The van der Waals surface area contributed by atoms with Gasteiger partial charge in [0.1, 0.15) is 0 Å². The lowest BCUT2D eigenvalue weighted by molar-refractivity contribution is 0.413. The number of nitrogens with zero attached hydrogens (tertiary/aromatic N) is 2. The van der Waals surface area contributed by atoms with Gasteiger partial charge >= 0.3 is 0 Å². The summed E-state index contributed by atoms with van der Waals surface area (Å²) in [5, 5.41) is 6.94. The highest BCUT2D eigenvalue weighted by Gasteiger charge is 2.26. The Morgan fingerprint density at radius 3 is 2.62 bits per heavy atom. The molecule has 2 N–H and O–H groups in total. The Bertz CT molecular complexity index is 825. The number of hydrogen-bond donors (Lipinski definition) is 2. The molecule has 29 heavy (non-hydrogen) atoms. The van der Waals surface area contributed by atoms with Crippen molar-refractivity contribution in [3.05, 3.63) is 29.8 Å². The molecule has 7 nitrogen and oxygen atoms in total. The summed E-state index contributed by atoms with van der Waals surface area (Å²) in [5.41, 5.74) is 0.659. The van der Waals surface area contributed by atoms with E-state index in [2.05, 4.69) is 15.6 Å². The molecule has 3 atom stereocenters. The van der Waals surface area contributed by atoms with Crippen molar-refractivity contribution >= 4 is 26.8 Å². The largest absolute Gasteiger partial charge is 0.357 e. The minimum absolute atomic E-state index is 0.225. The second-order valence-electron chi connectivity index (χ2n) is 7.39. The number of hydrogen-bond acceptors (Lipinski definition) is 4. The minimum Gasteiger partial charge on any atom is -0.357 e. The first-order chi connectivity index (χ1) is 13.8. The molecule has 1 aromatic carbocycles. The number of sulfonamides is 1. The van der Waals surface area contributed by atoms with Crippen LogP contribution in [0.25, 0.3) is 0 Å². The first-order valence-electron chi connectivity index (χ1n) is 10.2. The number of nitrogens with one attached hydrogen (secondary N) is 2. The van der Waals surface area contributed by atoms with Crippen LogP contribution in [0.1, 0.15) is 45.1 Å². The van der Waals surface area contributed by atoms with Crippen molar-refractivity contribution in [2.75, 3.05) is 26.4 Å². The summed E-state index contributed by atoms with van der Waals surface area (Å²) >= 11 is 0. The standard InChI is InChI=1S/C20H34N4O3S2/c1-5-21-20(23-17-11-9-12-18(14-17)28(25)6-2)22-15-16-10-7-8-13-19(16)29(26,27)24(3)4/h7-8,10,13,17-18H,5-6,9,11-12,14-15H2,1-4H3,(H2,21,22,23). The second-order valence-corrected chi connectivity index (χ2v) is 11.5. The lowest BCUT2D eigenvalue weighted by atomic mass is 9.95. The van der Waals surface area contributed by atoms with Crippen molar-refractivity contribution in [2.45, 2.75) is 62.3 Å². The molecule has 164 valence electrons. The molecule has 0 saturated heterocycles. The molecule has 0 aliphatic heterocycles. The first-order valence-corrected chi connectivity index (χ1v) is 13.0. The maximum absolute atomic E-state index is 12.6. The summed E-state index contributed by atoms with van der Waals surface area (Å²) < 4.78 is 38.6. The van der Waals surface area contributed by atoms with Gasteiger partial charge in [-0.2, -0.15) is 0 Å². The van der Waals surface area contributed by atoms with E-state index in [-0.39, 0.29) is 22.7 Å². The molecule has 2 rings (SSSR count). The Balaban J connectivity index is 2.15. The van der Waals surface area contributed by atoms with Gasteiger partial charge < -0.3 is 10.6 Å². The molecular formula is C20H34N4O3S2. The maximum atomic E-state index is 12.6. The number of guanidine groups is 1. The zero-order valence-corrected chi connectivity index (χ0v) is 19.5. The number of rotatable bonds is 8. The maximum Gasteiger partial charge on any atom is 0.242 e. The average Bonchev–Trinajstić information content (AvgIpc) is 2.71. The fourth-order valence-electron chi connectivity index (χ4n) is 3.51. The summed E-state index contributed by atoms with van der Waals surface area (Å²) in [6, 6.07) is 7.19. The third-order valence-electron chi connectivity index (χ3n) is 5.11. The summed E-state index contributed by atoms with van der Waals surface area (Å²) in [7, 11) is -1.24. The van der Waals surface area contributed by atoms with Crippen LogP contribution >= 0.6 is 0 Å². The average molecular weight is 443 g/mol. The summed E-state index contributed by atoms with van der Waals surface area (Å²) in [4.78, 5) is 4.92. The van der Waals surface area contributed by atoms with Crippen LogP contribution in [0.5, 0.6) is 0 Å². The zero-order chi connectivity index (χ0) is 21.4. The number of benzene rings is 1. The number of aliphatic imine (C=N–C) groups is 1. The molecule has 9 heteroatoms. The molecule has 3 unspecified atom stereocenters. The zero-order valence-electron chi connectivity index (χ0n) is 17.8. The fraction of sp³-hybridized carbons (Fsp3) is 0.650. The van der Waals surface area contributed by atoms with Crippen molar-refractivity contribution in [1.29, 1.82) is 0 Å². The van der Waals surface area contributed by atoms with Crippen molar-refractivity contribution in [3.8, 4) is 0 Å². The monoisotopic (exact) mass is 442 g/mol. The van der Waals surface area contributed by atoms with Crippen molar-refractivity contribution in [2.24, 2.45) is 4.99 Å². The van der Waals surface area contributed by atoms with Gasteiger partial charge in [0.2, 0.25) is 10.0 Å².